The van der Waals surface area contributed by atoms with E-state index >= 15 is 0 Å². The van der Waals surface area contributed by atoms with Gasteiger partial charge in [0.15, 0.2) is 0 Å². The quantitative estimate of drug-likeness (QED) is 0.853. The fraction of sp³-hybridized carbons (Fsp3) is 0.455. The maximum absolute atomic E-state index is 11.0. The number of aromatic hydroxyl groups is 1. The van der Waals surface area contributed by atoms with E-state index in [9.17, 15) is 13.5 Å². The Balaban J connectivity index is 3.19. The lowest BCUT2D eigenvalue weighted by atomic mass is 10.0. The van der Waals surface area contributed by atoms with Gasteiger partial charge < -0.3 is 10.0 Å². The highest BCUT2D eigenvalue weighted by Crippen LogP contribution is 2.28. The molecule has 0 aliphatic rings. The molecule has 0 saturated heterocycles. The molecule has 0 fully saturated rings. The van der Waals surface area contributed by atoms with Crippen molar-refractivity contribution < 1.29 is 13.5 Å². The minimum Gasteiger partial charge on any atom is -0.507 e. The van der Waals surface area contributed by atoms with E-state index in [0.29, 0.717) is 12.1 Å². The molecule has 0 heterocycles. The van der Waals surface area contributed by atoms with Crippen molar-refractivity contribution in [1.29, 1.82) is 0 Å². The molecule has 1 rings (SSSR count). The van der Waals surface area contributed by atoms with Crippen LogP contribution in [-0.4, -0.2) is 32.5 Å². The first-order chi connectivity index (χ1) is 7.70. The van der Waals surface area contributed by atoms with E-state index in [0.717, 1.165) is 11.1 Å². The summed E-state index contributed by atoms with van der Waals surface area (Å²) in [6, 6.07) is 3.37. The van der Waals surface area contributed by atoms with Crippen LogP contribution in [-0.2, 0) is 21.3 Å². The number of phenols is 1. The Morgan fingerprint density at radius 2 is 1.94 bits per heavy atom. The first-order valence-electron chi connectivity index (χ1n) is 5.08. The third-order valence-electron chi connectivity index (χ3n) is 2.40. The zero-order chi connectivity index (χ0) is 13.2. The number of aryl methyl sites for hydroxylation is 1. The summed E-state index contributed by atoms with van der Waals surface area (Å²) in [5, 5.41) is 10.0. The molecular weight excluding hydrogens is 262 g/mol. The van der Waals surface area contributed by atoms with Gasteiger partial charge in [0, 0.05) is 28.4 Å². The van der Waals surface area contributed by atoms with E-state index in [2.05, 4.69) is 0 Å². The Morgan fingerprint density at radius 3 is 2.41 bits per heavy atom. The summed E-state index contributed by atoms with van der Waals surface area (Å²) < 4.78 is 22.0. The maximum Gasteiger partial charge on any atom is 0.236 e. The van der Waals surface area contributed by atoms with E-state index in [4.69, 9.17) is 10.7 Å². The average Bonchev–Trinajstić information content (AvgIpc) is 2.15. The smallest absolute Gasteiger partial charge is 0.236 e. The molecule has 0 saturated carbocycles. The molecule has 0 aromatic heterocycles. The molecule has 17 heavy (non-hydrogen) atoms. The SMILES string of the molecule is Cc1ccc(CS(=O)(=O)Cl)c(O)c1CN(C)C. The largest absolute Gasteiger partial charge is 0.507 e. The number of hydrogen-bond acceptors (Lipinski definition) is 4. The van der Waals surface area contributed by atoms with Gasteiger partial charge in [-0.05, 0) is 26.6 Å². The average molecular weight is 278 g/mol. The number of nitrogens with zero attached hydrogens (tertiary/aromatic N) is 1. The number of benzene rings is 1. The van der Waals surface area contributed by atoms with Crippen LogP contribution in [0.5, 0.6) is 5.75 Å². The van der Waals surface area contributed by atoms with Crippen molar-refractivity contribution in [3.63, 3.8) is 0 Å². The zero-order valence-electron chi connectivity index (χ0n) is 10.1. The van der Waals surface area contributed by atoms with Crippen LogP contribution in [0.2, 0.25) is 0 Å². The lowest BCUT2D eigenvalue weighted by Crippen LogP contribution is -2.12. The Kier molecular flexibility index (Phi) is 4.41. The minimum atomic E-state index is -3.66. The molecule has 0 radical (unpaired) electrons. The molecule has 0 unspecified atom stereocenters. The summed E-state index contributed by atoms with van der Waals surface area (Å²) in [7, 11) is 5.29. The molecule has 0 spiro atoms. The molecule has 1 N–H and O–H groups in total. The second kappa shape index (κ2) is 5.25. The van der Waals surface area contributed by atoms with Crippen LogP contribution >= 0.6 is 10.7 Å². The zero-order valence-corrected chi connectivity index (χ0v) is 11.6. The summed E-state index contributed by atoms with van der Waals surface area (Å²) in [5.41, 5.74) is 1.99. The number of hydrogen-bond donors (Lipinski definition) is 1. The van der Waals surface area contributed by atoms with Crippen LogP contribution in [0.25, 0.3) is 0 Å². The summed E-state index contributed by atoms with van der Waals surface area (Å²) in [6.45, 7) is 2.42. The van der Waals surface area contributed by atoms with Crippen molar-refractivity contribution in [3.05, 3.63) is 28.8 Å². The van der Waals surface area contributed by atoms with Crippen molar-refractivity contribution >= 4 is 19.7 Å². The molecule has 0 bridgehead atoms. The highest BCUT2D eigenvalue weighted by molar-refractivity contribution is 8.13. The molecule has 1 aromatic carbocycles. The Hall–Kier alpha value is -0.780. The van der Waals surface area contributed by atoms with Crippen LogP contribution < -0.4 is 0 Å². The van der Waals surface area contributed by atoms with Gasteiger partial charge in [0.05, 0.1) is 5.75 Å². The van der Waals surface area contributed by atoms with E-state index < -0.39 is 9.05 Å². The topological polar surface area (TPSA) is 57.6 Å². The standard InChI is InChI=1S/C11H16ClNO3S/c1-8-4-5-9(7-17(12,15)16)11(14)10(8)6-13(2)3/h4-5,14H,6-7H2,1-3H3. The predicted octanol–water partition coefficient (Wildman–Crippen LogP) is 1.83. The summed E-state index contributed by atoms with van der Waals surface area (Å²) in [5.74, 6) is -0.343. The van der Waals surface area contributed by atoms with E-state index in [1.165, 1.54) is 0 Å². The van der Waals surface area contributed by atoms with Crippen LogP contribution in [0.3, 0.4) is 0 Å². The molecule has 0 aliphatic heterocycles. The fourth-order valence-corrected chi connectivity index (χ4v) is 2.56. The molecular formula is C11H16ClNO3S. The normalized spacial score (nSPS) is 12.1. The van der Waals surface area contributed by atoms with E-state index in [-0.39, 0.29) is 11.5 Å². The van der Waals surface area contributed by atoms with Crippen LogP contribution in [0.1, 0.15) is 16.7 Å². The van der Waals surface area contributed by atoms with Gasteiger partial charge in [0.1, 0.15) is 5.75 Å². The maximum atomic E-state index is 11.0. The van der Waals surface area contributed by atoms with Gasteiger partial charge in [-0.3, -0.25) is 0 Å². The summed E-state index contributed by atoms with van der Waals surface area (Å²) >= 11 is 0. The number of phenolic OH excluding ortho intramolecular Hbond substituents is 1. The van der Waals surface area contributed by atoms with Crippen LogP contribution in [0, 0.1) is 6.92 Å². The lowest BCUT2D eigenvalue weighted by molar-refractivity contribution is 0.383. The summed E-state index contributed by atoms with van der Waals surface area (Å²) in [6.07, 6.45) is 0. The van der Waals surface area contributed by atoms with Crippen molar-refractivity contribution in [2.45, 2.75) is 19.2 Å². The highest BCUT2D eigenvalue weighted by Gasteiger charge is 2.15. The van der Waals surface area contributed by atoms with Gasteiger partial charge in [-0.15, -0.1) is 0 Å². The van der Waals surface area contributed by atoms with E-state index in [1.807, 2.05) is 25.9 Å². The second-order valence-electron chi connectivity index (χ2n) is 4.29. The van der Waals surface area contributed by atoms with Crippen LogP contribution in [0.4, 0.5) is 0 Å². The molecule has 4 nitrogen and oxygen atoms in total. The Morgan fingerprint density at radius 1 is 1.35 bits per heavy atom. The number of rotatable bonds is 4. The predicted molar refractivity (Wildman–Crippen MR) is 68.7 cm³/mol. The first-order valence-corrected chi connectivity index (χ1v) is 7.56. The van der Waals surface area contributed by atoms with Gasteiger partial charge in [-0.2, -0.15) is 0 Å². The highest BCUT2D eigenvalue weighted by atomic mass is 35.7. The fourth-order valence-electron chi connectivity index (χ4n) is 1.60. The van der Waals surface area contributed by atoms with Crippen molar-refractivity contribution in [3.8, 4) is 5.75 Å². The third-order valence-corrected chi connectivity index (χ3v) is 3.39. The first kappa shape index (κ1) is 14.3. The van der Waals surface area contributed by atoms with Crippen LogP contribution in [0.15, 0.2) is 12.1 Å². The van der Waals surface area contributed by atoms with Gasteiger partial charge >= 0.3 is 0 Å². The monoisotopic (exact) mass is 277 g/mol. The molecule has 0 atom stereocenters. The number of halogens is 1. The van der Waals surface area contributed by atoms with Crippen molar-refractivity contribution in [2.75, 3.05) is 14.1 Å². The third kappa shape index (κ3) is 4.18. The molecule has 0 aliphatic carbocycles. The molecule has 96 valence electrons. The van der Waals surface area contributed by atoms with Gasteiger partial charge in [0.25, 0.3) is 0 Å². The minimum absolute atomic E-state index is 0.0166. The van der Waals surface area contributed by atoms with E-state index in [1.54, 1.807) is 12.1 Å². The lowest BCUT2D eigenvalue weighted by Gasteiger charge is -2.16. The molecule has 0 amide bonds. The van der Waals surface area contributed by atoms with Crippen molar-refractivity contribution in [2.24, 2.45) is 0 Å². The Bertz CT molecular complexity index is 512. The molecule has 1 aromatic rings. The van der Waals surface area contributed by atoms with Crippen molar-refractivity contribution in [1.82, 2.24) is 4.90 Å². The Labute approximate surface area is 106 Å². The second-order valence-corrected chi connectivity index (χ2v) is 7.07. The van der Waals surface area contributed by atoms with Gasteiger partial charge in [-0.1, -0.05) is 12.1 Å². The summed E-state index contributed by atoms with van der Waals surface area (Å²) in [4.78, 5) is 1.90. The van der Waals surface area contributed by atoms with Gasteiger partial charge in [-0.25, -0.2) is 8.42 Å². The molecule has 6 heteroatoms. The van der Waals surface area contributed by atoms with Gasteiger partial charge in [0.2, 0.25) is 9.05 Å².